The normalized spacial score (nSPS) is 22.1. The molecule has 0 spiro atoms. The predicted octanol–water partition coefficient (Wildman–Crippen LogP) is -1.23. The van der Waals surface area contributed by atoms with Gasteiger partial charge in [0.05, 0.1) is 5.71 Å². The summed E-state index contributed by atoms with van der Waals surface area (Å²) in [5.41, 5.74) is 6.84. The van der Waals surface area contributed by atoms with E-state index >= 15 is 0 Å². The molecule has 0 aliphatic carbocycles. The number of hydrogen-bond donors (Lipinski definition) is 2. The van der Waals surface area contributed by atoms with E-state index < -0.39 is 17.9 Å². The molecule has 0 bridgehead atoms. The lowest BCUT2D eigenvalue weighted by Crippen LogP contribution is -2.30. The van der Waals surface area contributed by atoms with Crippen molar-refractivity contribution in [3.05, 3.63) is 0 Å². The molecule has 1 unspecified atom stereocenters. The first-order chi connectivity index (χ1) is 6.52. The van der Waals surface area contributed by atoms with Crippen molar-refractivity contribution < 1.29 is 19.1 Å². The number of urea groups is 1. The lowest BCUT2D eigenvalue weighted by Gasteiger charge is -2.02. The molecule has 7 nitrogen and oxygen atoms in total. The van der Waals surface area contributed by atoms with Gasteiger partial charge in [0.2, 0.25) is 0 Å². The van der Waals surface area contributed by atoms with E-state index in [0.717, 1.165) is 0 Å². The predicted molar refractivity (Wildman–Crippen MR) is 45.3 cm³/mol. The SMILES string of the molecule is C/C(=N\NC(N)=O)C1C(=O)COC1=O. The first-order valence-electron chi connectivity index (χ1n) is 3.81. The molecule has 0 aromatic carbocycles. The lowest BCUT2D eigenvalue weighted by molar-refractivity contribution is -0.139. The number of ketones is 1. The number of nitrogens with one attached hydrogen (secondary N) is 1. The van der Waals surface area contributed by atoms with E-state index in [4.69, 9.17) is 5.73 Å². The zero-order chi connectivity index (χ0) is 10.7. The second-order valence-electron chi connectivity index (χ2n) is 2.74. The van der Waals surface area contributed by atoms with Crippen molar-refractivity contribution in [3.8, 4) is 0 Å². The number of esters is 1. The van der Waals surface area contributed by atoms with Gasteiger partial charge >= 0.3 is 12.0 Å². The number of hydrazone groups is 1. The molecule has 3 N–H and O–H groups in total. The molecular weight excluding hydrogens is 190 g/mol. The standard InChI is InChI=1S/C7H9N3O4/c1-3(9-10-7(8)13)5-4(11)2-14-6(5)12/h5H,2H2,1H3,(H3,8,10,13)/b9-3+. The first kappa shape index (κ1) is 10.2. The Morgan fingerprint density at radius 1 is 1.64 bits per heavy atom. The van der Waals surface area contributed by atoms with Crippen LogP contribution in [0.15, 0.2) is 5.10 Å². The first-order valence-corrected chi connectivity index (χ1v) is 3.81. The van der Waals surface area contributed by atoms with Crippen LogP contribution in [0.2, 0.25) is 0 Å². The van der Waals surface area contributed by atoms with E-state index in [9.17, 15) is 14.4 Å². The molecule has 0 aromatic heterocycles. The van der Waals surface area contributed by atoms with Crippen LogP contribution in [0.3, 0.4) is 0 Å². The Hall–Kier alpha value is -1.92. The molecular formula is C7H9N3O4. The Morgan fingerprint density at radius 3 is 2.71 bits per heavy atom. The summed E-state index contributed by atoms with van der Waals surface area (Å²) in [5.74, 6) is -2.04. The van der Waals surface area contributed by atoms with Gasteiger partial charge in [-0.2, -0.15) is 5.10 Å². The minimum absolute atomic E-state index is 0.163. The molecule has 0 saturated carbocycles. The molecule has 76 valence electrons. The summed E-state index contributed by atoms with van der Waals surface area (Å²) >= 11 is 0. The van der Waals surface area contributed by atoms with Crippen LogP contribution in [-0.4, -0.2) is 30.1 Å². The van der Waals surface area contributed by atoms with Crippen molar-refractivity contribution in [1.29, 1.82) is 0 Å². The van der Waals surface area contributed by atoms with Crippen LogP contribution in [0.25, 0.3) is 0 Å². The quantitative estimate of drug-likeness (QED) is 0.251. The monoisotopic (exact) mass is 199 g/mol. The Morgan fingerprint density at radius 2 is 2.29 bits per heavy atom. The maximum Gasteiger partial charge on any atom is 0.332 e. The highest BCUT2D eigenvalue weighted by molar-refractivity contribution is 6.21. The van der Waals surface area contributed by atoms with Gasteiger partial charge in [-0.1, -0.05) is 0 Å². The van der Waals surface area contributed by atoms with Gasteiger partial charge in [0.15, 0.2) is 18.3 Å². The number of rotatable bonds is 2. The Labute approximate surface area is 79.3 Å². The van der Waals surface area contributed by atoms with Gasteiger partial charge < -0.3 is 10.5 Å². The van der Waals surface area contributed by atoms with E-state index in [1.165, 1.54) is 6.92 Å². The fourth-order valence-corrected chi connectivity index (χ4v) is 1.05. The minimum atomic E-state index is -1.01. The van der Waals surface area contributed by atoms with E-state index in [1.807, 2.05) is 5.43 Å². The third kappa shape index (κ3) is 2.06. The fraction of sp³-hybridized carbons (Fsp3) is 0.429. The number of carbonyl (C=O) groups excluding carboxylic acids is 3. The summed E-state index contributed by atoms with van der Waals surface area (Å²) in [7, 11) is 0. The summed E-state index contributed by atoms with van der Waals surface area (Å²) in [4.78, 5) is 32.4. The van der Waals surface area contributed by atoms with Crippen LogP contribution in [0.5, 0.6) is 0 Å². The molecule has 1 atom stereocenters. The number of cyclic esters (lactones) is 1. The van der Waals surface area contributed by atoms with Gasteiger partial charge in [0.25, 0.3) is 0 Å². The summed E-state index contributed by atoms with van der Waals surface area (Å²) in [5, 5.41) is 3.48. The molecule has 0 aromatic rings. The molecule has 1 aliphatic rings. The Kier molecular flexibility index (Phi) is 2.80. The second-order valence-corrected chi connectivity index (χ2v) is 2.74. The molecule has 2 amide bonds. The molecule has 1 heterocycles. The van der Waals surface area contributed by atoms with Crippen LogP contribution in [0, 0.1) is 5.92 Å². The number of nitrogens with zero attached hydrogens (tertiary/aromatic N) is 1. The highest BCUT2D eigenvalue weighted by Gasteiger charge is 2.37. The van der Waals surface area contributed by atoms with Gasteiger partial charge in [0, 0.05) is 0 Å². The van der Waals surface area contributed by atoms with Crippen molar-refractivity contribution in [2.75, 3.05) is 6.61 Å². The average molecular weight is 199 g/mol. The van der Waals surface area contributed by atoms with E-state index in [-0.39, 0.29) is 18.1 Å². The number of ether oxygens (including phenoxy) is 1. The van der Waals surface area contributed by atoms with E-state index in [0.29, 0.717) is 0 Å². The minimum Gasteiger partial charge on any atom is -0.457 e. The van der Waals surface area contributed by atoms with Crippen molar-refractivity contribution in [2.24, 2.45) is 16.8 Å². The topological polar surface area (TPSA) is 111 Å². The number of hydrogen-bond acceptors (Lipinski definition) is 5. The van der Waals surface area contributed by atoms with Crippen LogP contribution in [-0.2, 0) is 14.3 Å². The number of Topliss-reactive ketones (excluding diaryl/α,β-unsaturated/α-hetero) is 1. The van der Waals surface area contributed by atoms with Gasteiger partial charge in [-0.15, -0.1) is 0 Å². The number of carbonyl (C=O) groups is 3. The van der Waals surface area contributed by atoms with E-state index in [1.54, 1.807) is 0 Å². The third-order valence-corrected chi connectivity index (χ3v) is 1.67. The van der Waals surface area contributed by atoms with Crippen molar-refractivity contribution in [1.82, 2.24) is 5.43 Å². The van der Waals surface area contributed by atoms with Crippen molar-refractivity contribution in [2.45, 2.75) is 6.92 Å². The van der Waals surface area contributed by atoms with Gasteiger partial charge in [-0.3, -0.25) is 9.59 Å². The third-order valence-electron chi connectivity index (χ3n) is 1.67. The average Bonchev–Trinajstić information content (AvgIpc) is 2.42. The molecule has 1 aliphatic heterocycles. The van der Waals surface area contributed by atoms with Crippen molar-refractivity contribution in [3.63, 3.8) is 0 Å². The zero-order valence-corrected chi connectivity index (χ0v) is 7.44. The lowest BCUT2D eigenvalue weighted by atomic mass is 10.0. The summed E-state index contributed by atoms with van der Waals surface area (Å²) < 4.78 is 4.49. The number of nitrogens with two attached hydrogens (primary N) is 1. The van der Waals surface area contributed by atoms with Gasteiger partial charge in [0.1, 0.15) is 0 Å². The van der Waals surface area contributed by atoms with E-state index in [2.05, 4.69) is 9.84 Å². The molecule has 7 heteroatoms. The summed E-state index contributed by atoms with van der Waals surface area (Å²) in [6, 6.07) is -0.858. The van der Waals surface area contributed by atoms with Gasteiger partial charge in [-0.25, -0.2) is 10.2 Å². The smallest absolute Gasteiger partial charge is 0.332 e. The largest absolute Gasteiger partial charge is 0.457 e. The maximum absolute atomic E-state index is 11.1. The number of primary amides is 1. The highest BCUT2D eigenvalue weighted by atomic mass is 16.5. The second kappa shape index (κ2) is 3.86. The van der Waals surface area contributed by atoms with Crippen LogP contribution >= 0.6 is 0 Å². The molecule has 1 saturated heterocycles. The Balaban J connectivity index is 2.72. The molecule has 0 radical (unpaired) electrons. The van der Waals surface area contributed by atoms with Crippen molar-refractivity contribution >= 4 is 23.5 Å². The summed E-state index contributed by atoms with van der Waals surface area (Å²) in [6.07, 6.45) is 0. The molecule has 1 fully saturated rings. The van der Waals surface area contributed by atoms with Crippen LogP contribution in [0.4, 0.5) is 4.79 Å². The molecule has 1 rings (SSSR count). The highest BCUT2D eigenvalue weighted by Crippen LogP contribution is 2.12. The summed E-state index contributed by atoms with van der Waals surface area (Å²) in [6.45, 7) is 1.19. The Bertz CT molecular complexity index is 307. The number of amides is 2. The van der Waals surface area contributed by atoms with Gasteiger partial charge in [-0.05, 0) is 6.92 Å². The maximum atomic E-state index is 11.1. The molecule has 14 heavy (non-hydrogen) atoms. The van der Waals surface area contributed by atoms with Crippen LogP contribution < -0.4 is 11.2 Å². The zero-order valence-electron chi connectivity index (χ0n) is 7.44. The fourth-order valence-electron chi connectivity index (χ4n) is 1.05. The van der Waals surface area contributed by atoms with Crippen LogP contribution in [0.1, 0.15) is 6.92 Å².